The number of nitrogens with zero attached hydrogens (tertiary/aromatic N) is 5. The predicted octanol–water partition coefficient (Wildman–Crippen LogP) is 1.42. The molecule has 0 unspecified atom stereocenters. The zero-order valence-corrected chi connectivity index (χ0v) is 19.4. The van der Waals surface area contributed by atoms with Crippen LogP contribution >= 0.6 is 0 Å². The van der Waals surface area contributed by atoms with Crippen molar-refractivity contribution in [1.29, 1.82) is 0 Å². The van der Waals surface area contributed by atoms with E-state index < -0.39 is 24.5 Å². The number of aliphatic hydroxyl groups excluding tert-OH is 3. The second kappa shape index (κ2) is 7.74. The van der Waals surface area contributed by atoms with E-state index in [1.165, 1.54) is 38.5 Å². The number of anilines is 2. The Morgan fingerprint density at radius 3 is 2.29 bits per heavy atom. The number of imidazole rings is 1. The van der Waals surface area contributed by atoms with E-state index in [1.54, 1.807) is 10.9 Å². The third kappa shape index (κ3) is 3.26. The minimum atomic E-state index is -1.18. The predicted molar refractivity (Wildman–Crippen MR) is 124 cm³/mol. The summed E-state index contributed by atoms with van der Waals surface area (Å²) in [5.41, 5.74) is 1.32. The van der Waals surface area contributed by atoms with Gasteiger partial charge in [-0.1, -0.05) is 0 Å². The maximum Gasteiger partial charge on any atom is 0.229 e. The smallest absolute Gasteiger partial charge is 0.229 e. The summed E-state index contributed by atoms with van der Waals surface area (Å²) < 4.78 is 7.49. The Hall–Kier alpha value is -2.01. The molecule has 4 aliphatic carbocycles. The molecule has 0 amide bonds. The Morgan fingerprint density at radius 1 is 1.00 bits per heavy atom. The standard InChI is InChI=1S/C24H34N6O4/c31-11-16-18(32)19(33)22(34-16)30-12-25-17-20(26-23(27-21(17)30)29-3-1-2-4-29)28-24-8-13-5-14(9-24)7-15(6-13)10-24/h12-16,18-19,22,31-33H,1-11H2,(H,26,27,28)/t13?,14?,15?,16-,18-,19-,22-,24?/m1/s1. The zero-order chi connectivity index (χ0) is 23.0. The van der Waals surface area contributed by atoms with Gasteiger partial charge in [-0.25, -0.2) is 4.98 Å². The summed E-state index contributed by atoms with van der Waals surface area (Å²) in [7, 11) is 0. The summed E-state index contributed by atoms with van der Waals surface area (Å²) >= 11 is 0. The number of aliphatic hydroxyl groups is 3. The van der Waals surface area contributed by atoms with Crippen molar-refractivity contribution in [2.24, 2.45) is 17.8 Å². The lowest BCUT2D eigenvalue weighted by Gasteiger charge is -2.57. The summed E-state index contributed by atoms with van der Waals surface area (Å²) in [5.74, 6) is 3.87. The molecule has 4 saturated carbocycles. The molecule has 2 aromatic rings. The number of hydrogen-bond donors (Lipinski definition) is 4. The van der Waals surface area contributed by atoms with Crippen LogP contribution < -0.4 is 10.2 Å². The summed E-state index contributed by atoms with van der Waals surface area (Å²) in [6, 6.07) is 0. The topological polar surface area (TPSA) is 129 Å². The van der Waals surface area contributed by atoms with Crippen LogP contribution in [0.2, 0.25) is 0 Å². The Labute approximate surface area is 198 Å². The molecular formula is C24H34N6O4. The lowest BCUT2D eigenvalue weighted by molar-refractivity contribution is -0.0511. The van der Waals surface area contributed by atoms with Gasteiger partial charge in [-0.05, 0) is 69.1 Å². The highest BCUT2D eigenvalue weighted by atomic mass is 16.6. The second-order valence-electron chi connectivity index (χ2n) is 11.4. The third-order valence-corrected chi connectivity index (χ3v) is 9.01. The molecule has 2 aliphatic heterocycles. The van der Waals surface area contributed by atoms with E-state index >= 15 is 0 Å². The first kappa shape index (κ1) is 21.3. The van der Waals surface area contributed by atoms with Gasteiger partial charge in [-0.2, -0.15) is 9.97 Å². The van der Waals surface area contributed by atoms with Gasteiger partial charge in [-0.15, -0.1) is 0 Å². The number of hydrogen-bond acceptors (Lipinski definition) is 9. The lowest BCUT2D eigenvalue weighted by atomic mass is 9.53. The fraction of sp³-hybridized carbons (Fsp3) is 0.792. The van der Waals surface area contributed by atoms with E-state index in [1.807, 2.05) is 0 Å². The number of aromatic nitrogens is 4. The lowest BCUT2D eigenvalue weighted by Crippen LogP contribution is -2.55. The van der Waals surface area contributed by atoms with Crippen LogP contribution in [0.1, 0.15) is 57.6 Å². The van der Waals surface area contributed by atoms with Crippen LogP contribution in [0.5, 0.6) is 0 Å². The molecule has 4 bridgehead atoms. The van der Waals surface area contributed by atoms with Crippen LogP contribution in [-0.4, -0.2) is 78.4 Å². The first-order valence-electron chi connectivity index (χ1n) is 12.9. The average molecular weight is 471 g/mol. The van der Waals surface area contributed by atoms with E-state index in [9.17, 15) is 15.3 Å². The normalized spacial score (nSPS) is 41.1. The van der Waals surface area contributed by atoms with Gasteiger partial charge in [0.1, 0.15) is 18.3 Å². The minimum absolute atomic E-state index is 0.0731. The molecule has 2 saturated heterocycles. The average Bonchev–Trinajstić information content (AvgIpc) is 3.53. The molecule has 0 spiro atoms. The molecule has 6 fully saturated rings. The summed E-state index contributed by atoms with van der Waals surface area (Å²) in [5, 5.41) is 34.4. The third-order valence-electron chi connectivity index (χ3n) is 9.01. The van der Waals surface area contributed by atoms with Gasteiger partial charge < -0.3 is 30.3 Å². The molecule has 4 atom stereocenters. The van der Waals surface area contributed by atoms with E-state index in [0.29, 0.717) is 17.1 Å². The van der Waals surface area contributed by atoms with Crippen LogP contribution in [0.25, 0.3) is 11.2 Å². The van der Waals surface area contributed by atoms with Crippen LogP contribution in [0.4, 0.5) is 11.8 Å². The molecule has 10 nitrogen and oxygen atoms in total. The number of rotatable bonds is 5. The first-order valence-corrected chi connectivity index (χ1v) is 12.9. The summed E-state index contributed by atoms with van der Waals surface area (Å²) in [6.07, 6.45) is 7.48. The highest BCUT2D eigenvalue weighted by molar-refractivity contribution is 5.85. The number of fused-ring (bicyclic) bond motifs is 1. The van der Waals surface area contributed by atoms with Gasteiger partial charge in [-0.3, -0.25) is 4.57 Å². The Kier molecular flexibility index (Phi) is 4.85. The van der Waals surface area contributed by atoms with Crippen molar-refractivity contribution in [3.63, 3.8) is 0 Å². The van der Waals surface area contributed by atoms with Crippen LogP contribution in [-0.2, 0) is 4.74 Å². The van der Waals surface area contributed by atoms with E-state index in [-0.39, 0.29) is 12.1 Å². The molecule has 184 valence electrons. The van der Waals surface area contributed by atoms with Crippen LogP contribution in [0.15, 0.2) is 6.33 Å². The largest absolute Gasteiger partial charge is 0.394 e. The SMILES string of the molecule is OC[C@H]1O[C@@H](n2cnc3c(NC45CC6CC(CC(C6)C4)C5)nc(N4CCCC4)nc32)[C@H](O)[C@@H]1O. The van der Waals surface area contributed by atoms with Crippen LogP contribution in [0, 0.1) is 17.8 Å². The summed E-state index contributed by atoms with van der Waals surface area (Å²) in [6.45, 7) is 1.47. The second-order valence-corrected chi connectivity index (χ2v) is 11.4. The highest BCUT2D eigenvalue weighted by Gasteiger charge is 2.51. The van der Waals surface area contributed by atoms with Crippen molar-refractivity contribution in [1.82, 2.24) is 19.5 Å². The zero-order valence-electron chi connectivity index (χ0n) is 19.4. The molecule has 8 rings (SSSR count). The van der Waals surface area contributed by atoms with Crippen molar-refractivity contribution in [3.05, 3.63) is 6.33 Å². The Morgan fingerprint density at radius 2 is 1.68 bits per heavy atom. The van der Waals surface area contributed by atoms with E-state index in [4.69, 9.17) is 14.7 Å². The monoisotopic (exact) mass is 470 g/mol. The van der Waals surface area contributed by atoms with Crippen LogP contribution in [0.3, 0.4) is 0 Å². The molecular weight excluding hydrogens is 436 g/mol. The van der Waals surface area contributed by atoms with Crippen molar-refractivity contribution in [2.45, 2.75) is 81.4 Å². The Bertz CT molecular complexity index is 1050. The summed E-state index contributed by atoms with van der Waals surface area (Å²) in [4.78, 5) is 16.7. The van der Waals surface area contributed by atoms with Gasteiger partial charge in [0.25, 0.3) is 0 Å². The van der Waals surface area contributed by atoms with Gasteiger partial charge in [0.05, 0.1) is 12.9 Å². The first-order chi connectivity index (χ1) is 16.5. The maximum atomic E-state index is 10.6. The number of nitrogens with one attached hydrogen (secondary N) is 1. The molecule has 34 heavy (non-hydrogen) atoms. The molecule has 10 heteroatoms. The molecule has 2 aromatic heterocycles. The van der Waals surface area contributed by atoms with Crippen molar-refractivity contribution in [3.8, 4) is 0 Å². The van der Waals surface area contributed by atoms with E-state index in [0.717, 1.165) is 49.5 Å². The van der Waals surface area contributed by atoms with Gasteiger partial charge in [0, 0.05) is 18.6 Å². The Balaban J connectivity index is 1.30. The minimum Gasteiger partial charge on any atom is -0.394 e. The fourth-order valence-corrected chi connectivity index (χ4v) is 7.86. The number of ether oxygens (including phenoxy) is 1. The molecule has 4 heterocycles. The molecule has 0 radical (unpaired) electrons. The van der Waals surface area contributed by atoms with Crippen molar-refractivity contribution in [2.75, 3.05) is 29.9 Å². The molecule has 0 aromatic carbocycles. The van der Waals surface area contributed by atoms with E-state index in [2.05, 4.69) is 15.2 Å². The quantitative estimate of drug-likeness (QED) is 0.513. The fourth-order valence-electron chi connectivity index (χ4n) is 7.86. The van der Waals surface area contributed by atoms with Crippen molar-refractivity contribution >= 4 is 22.9 Å². The molecule has 6 aliphatic rings. The highest BCUT2D eigenvalue weighted by Crippen LogP contribution is 2.56. The van der Waals surface area contributed by atoms with Gasteiger partial charge in [0.2, 0.25) is 5.95 Å². The van der Waals surface area contributed by atoms with Gasteiger partial charge in [0.15, 0.2) is 23.2 Å². The van der Waals surface area contributed by atoms with Crippen molar-refractivity contribution < 1.29 is 20.1 Å². The van der Waals surface area contributed by atoms with Gasteiger partial charge >= 0.3 is 0 Å². The maximum absolute atomic E-state index is 10.6. The molecule has 4 N–H and O–H groups in total.